The number of nitrogens with zero attached hydrogens (tertiary/aromatic N) is 1. The maximum Gasteiger partial charge on any atom is 0.410 e. The Morgan fingerprint density at radius 3 is 2.21 bits per heavy atom. The van der Waals surface area contributed by atoms with Gasteiger partial charge in [0, 0.05) is 30.6 Å². The van der Waals surface area contributed by atoms with Gasteiger partial charge in [0.1, 0.15) is 5.60 Å². The zero-order valence-electron chi connectivity index (χ0n) is 16.7. The van der Waals surface area contributed by atoms with Crippen molar-refractivity contribution in [2.45, 2.75) is 44.8 Å². The number of likely N-dealkylation sites (tertiary alicyclic amines) is 1. The highest BCUT2D eigenvalue weighted by molar-refractivity contribution is 5.94. The highest BCUT2D eigenvalue weighted by Gasteiger charge is 2.35. The summed E-state index contributed by atoms with van der Waals surface area (Å²) in [7, 11) is 0. The van der Waals surface area contributed by atoms with Crippen LogP contribution in [0.4, 0.5) is 4.79 Å². The molecule has 2 amide bonds. The van der Waals surface area contributed by atoms with E-state index in [1.807, 2.05) is 81.4 Å². The van der Waals surface area contributed by atoms with Gasteiger partial charge >= 0.3 is 6.09 Å². The minimum absolute atomic E-state index is 0.00938. The molecule has 0 aliphatic carbocycles. The van der Waals surface area contributed by atoms with Crippen molar-refractivity contribution >= 4 is 12.0 Å². The molecule has 3 rings (SSSR count). The summed E-state index contributed by atoms with van der Waals surface area (Å²) in [6, 6.07) is 19.2. The molecule has 2 atom stereocenters. The molecule has 1 fully saturated rings. The Morgan fingerprint density at radius 2 is 1.61 bits per heavy atom. The van der Waals surface area contributed by atoms with Crippen molar-refractivity contribution in [3.8, 4) is 0 Å². The lowest BCUT2D eigenvalue weighted by Gasteiger charge is -2.39. The molecule has 148 valence electrons. The van der Waals surface area contributed by atoms with E-state index in [0.29, 0.717) is 25.1 Å². The quantitative estimate of drug-likeness (QED) is 0.868. The first-order valence-corrected chi connectivity index (χ1v) is 9.72. The second-order valence-electron chi connectivity index (χ2n) is 8.18. The van der Waals surface area contributed by atoms with Gasteiger partial charge in [-0.05, 0) is 44.9 Å². The fourth-order valence-corrected chi connectivity index (χ4v) is 3.50. The molecule has 1 aliphatic heterocycles. The van der Waals surface area contributed by atoms with E-state index in [1.54, 1.807) is 4.90 Å². The Kier molecular flexibility index (Phi) is 6.02. The molecule has 2 aromatic rings. The van der Waals surface area contributed by atoms with Crippen LogP contribution in [0.1, 0.15) is 49.0 Å². The maximum absolute atomic E-state index is 12.7. The number of carbonyl (C=O) groups is 2. The molecule has 5 nitrogen and oxygen atoms in total. The van der Waals surface area contributed by atoms with E-state index >= 15 is 0 Å². The first-order valence-electron chi connectivity index (χ1n) is 9.72. The lowest BCUT2D eigenvalue weighted by molar-refractivity contribution is 0.0177. The van der Waals surface area contributed by atoms with Crippen molar-refractivity contribution in [3.05, 3.63) is 71.8 Å². The summed E-state index contributed by atoms with van der Waals surface area (Å²) in [5, 5.41) is 3.17. The Morgan fingerprint density at radius 1 is 1.00 bits per heavy atom. The van der Waals surface area contributed by atoms with Crippen molar-refractivity contribution in [2.24, 2.45) is 0 Å². The zero-order chi connectivity index (χ0) is 20.1. The summed E-state index contributed by atoms with van der Waals surface area (Å²) in [5.41, 5.74) is 1.22. The molecule has 0 bridgehead atoms. The van der Waals surface area contributed by atoms with Gasteiger partial charge in [-0.15, -0.1) is 0 Å². The van der Waals surface area contributed by atoms with E-state index in [0.717, 1.165) is 5.56 Å². The lowest BCUT2D eigenvalue weighted by Crippen LogP contribution is -2.52. The van der Waals surface area contributed by atoms with Crippen LogP contribution in [0.25, 0.3) is 0 Å². The number of ether oxygens (including phenoxy) is 1. The second-order valence-corrected chi connectivity index (χ2v) is 8.18. The van der Waals surface area contributed by atoms with Crippen molar-refractivity contribution in [3.63, 3.8) is 0 Å². The molecule has 0 saturated carbocycles. The second kappa shape index (κ2) is 8.46. The first kappa shape index (κ1) is 19.9. The zero-order valence-corrected chi connectivity index (χ0v) is 16.7. The van der Waals surface area contributed by atoms with Gasteiger partial charge in [0.15, 0.2) is 0 Å². The minimum Gasteiger partial charge on any atom is -0.444 e. The molecule has 0 spiro atoms. The Balaban J connectivity index is 1.77. The van der Waals surface area contributed by atoms with Gasteiger partial charge in [0.25, 0.3) is 5.91 Å². The molecule has 1 N–H and O–H groups in total. The Hall–Kier alpha value is -2.82. The number of piperidine rings is 1. The van der Waals surface area contributed by atoms with Crippen LogP contribution in [0.3, 0.4) is 0 Å². The fourth-order valence-electron chi connectivity index (χ4n) is 3.50. The van der Waals surface area contributed by atoms with Gasteiger partial charge in [-0.2, -0.15) is 0 Å². The summed E-state index contributed by atoms with van der Waals surface area (Å²) in [6.45, 7) is 6.67. The molecular formula is C23H28N2O3. The highest BCUT2D eigenvalue weighted by Crippen LogP contribution is 2.28. The smallest absolute Gasteiger partial charge is 0.410 e. The van der Waals surface area contributed by atoms with Crippen molar-refractivity contribution in [1.82, 2.24) is 10.2 Å². The van der Waals surface area contributed by atoms with Crippen molar-refractivity contribution in [2.75, 3.05) is 13.1 Å². The molecule has 1 aliphatic rings. The third kappa shape index (κ3) is 5.12. The molecule has 5 heteroatoms. The number of hydrogen-bond donors (Lipinski definition) is 1. The Bertz CT molecular complexity index is 800. The van der Waals surface area contributed by atoms with Crippen LogP contribution >= 0.6 is 0 Å². The number of rotatable bonds is 3. The number of nitrogens with one attached hydrogen (secondary N) is 1. The molecule has 2 unspecified atom stereocenters. The average Bonchev–Trinajstić information content (AvgIpc) is 2.68. The van der Waals surface area contributed by atoms with Crippen LogP contribution in [-0.2, 0) is 4.74 Å². The van der Waals surface area contributed by atoms with Crippen molar-refractivity contribution < 1.29 is 14.3 Å². The number of benzene rings is 2. The number of carbonyl (C=O) groups excluding carboxylic acids is 2. The fraction of sp³-hybridized carbons (Fsp3) is 0.391. The van der Waals surface area contributed by atoms with E-state index < -0.39 is 5.60 Å². The van der Waals surface area contributed by atoms with Gasteiger partial charge in [-0.1, -0.05) is 48.5 Å². The van der Waals surface area contributed by atoms with Gasteiger partial charge in [0.05, 0.1) is 0 Å². The van der Waals surface area contributed by atoms with Gasteiger partial charge in [-0.3, -0.25) is 4.79 Å². The third-order valence-corrected chi connectivity index (χ3v) is 4.84. The lowest BCUT2D eigenvalue weighted by atomic mass is 9.86. The van der Waals surface area contributed by atoms with E-state index in [9.17, 15) is 9.59 Å². The summed E-state index contributed by atoms with van der Waals surface area (Å²) < 4.78 is 5.55. The summed E-state index contributed by atoms with van der Waals surface area (Å²) >= 11 is 0. The Labute approximate surface area is 166 Å². The van der Waals surface area contributed by atoms with Crippen LogP contribution in [-0.4, -0.2) is 41.6 Å². The average molecular weight is 380 g/mol. The monoisotopic (exact) mass is 380 g/mol. The molecule has 1 saturated heterocycles. The first-order chi connectivity index (χ1) is 13.3. The van der Waals surface area contributed by atoms with E-state index in [2.05, 4.69) is 5.32 Å². The SMILES string of the molecule is CC(C)(C)OC(=O)N1CCC(NC(=O)c2ccccc2)C(c2ccccc2)C1. The van der Waals surface area contributed by atoms with Crippen LogP contribution in [0.2, 0.25) is 0 Å². The van der Waals surface area contributed by atoms with E-state index in [1.165, 1.54) is 0 Å². The minimum atomic E-state index is -0.530. The molecule has 0 radical (unpaired) electrons. The largest absolute Gasteiger partial charge is 0.444 e. The summed E-state index contributed by atoms with van der Waals surface area (Å²) in [4.78, 5) is 27.0. The standard InChI is InChI=1S/C23H28N2O3/c1-23(2,3)28-22(27)25-15-14-20(19(16-25)17-10-6-4-7-11-17)24-21(26)18-12-8-5-9-13-18/h4-13,19-20H,14-16H2,1-3H3,(H,24,26). The molecule has 2 aromatic carbocycles. The highest BCUT2D eigenvalue weighted by atomic mass is 16.6. The van der Waals surface area contributed by atoms with Gasteiger partial charge in [-0.25, -0.2) is 4.79 Å². The molecule has 0 aromatic heterocycles. The van der Waals surface area contributed by atoms with Crippen LogP contribution in [0.5, 0.6) is 0 Å². The molecule has 1 heterocycles. The molecule has 28 heavy (non-hydrogen) atoms. The van der Waals surface area contributed by atoms with Crippen LogP contribution < -0.4 is 5.32 Å². The summed E-state index contributed by atoms with van der Waals surface area (Å²) in [6.07, 6.45) is 0.374. The predicted octanol–water partition coefficient (Wildman–Crippen LogP) is 4.21. The van der Waals surface area contributed by atoms with Crippen LogP contribution in [0, 0.1) is 0 Å². The van der Waals surface area contributed by atoms with Gasteiger partial charge < -0.3 is 15.0 Å². The topological polar surface area (TPSA) is 58.6 Å². The molecular weight excluding hydrogens is 352 g/mol. The summed E-state index contributed by atoms with van der Waals surface area (Å²) in [5.74, 6) is -0.0765. The van der Waals surface area contributed by atoms with E-state index in [-0.39, 0.29) is 24.0 Å². The van der Waals surface area contributed by atoms with E-state index in [4.69, 9.17) is 4.74 Å². The van der Waals surface area contributed by atoms with Crippen molar-refractivity contribution in [1.29, 1.82) is 0 Å². The third-order valence-electron chi connectivity index (χ3n) is 4.84. The van der Waals surface area contributed by atoms with Gasteiger partial charge in [0.2, 0.25) is 0 Å². The predicted molar refractivity (Wildman–Crippen MR) is 109 cm³/mol. The number of amides is 2. The number of hydrogen-bond acceptors (Lipinski definition) is 3. The van der Waals surface area contributed by atoms with Crippen LogP contribution in [0.15, 0.2) is 60.7 Å². The maximum atomic E-state index is 12.7. The normalized spacial score (nSPS) is 19.8.